The van der Waals surface area contributed by atoms with Gasteiger partial charge >= 0.3 is 5.97 Å². The number of aliphatic hydroxyl groups excluding tert-OH is 1. The number of pyridine rings is 1. The molecule has 5 rings (SSSR count). The van der Waals surface area contributed by atoms with Gasteiger partial charge in [-0.1, -0.05) is 27.2 Å². The molecule has 3 aliphatic rings. The van der Waals surface area contributed by atoms with E-state index in [-0.39, 0.29) is 31.8 Å². The second-order valence-corrected chi connectivity index (χ2v) is 12.4. The number of carboxylic acid groups (broad SMARTS) is 1. The zero-order chi connectivity index (χ0) is 30.7. The first-order valence-corrected chi connectivity index (χ1v) is 15.1. The molecule has 0 aliphatic carbocycles. The highest BCUT2D eigenvalue weighted by Crippen LogP contribution is 2.45. The first-order chi connectivity index (χ1) is 20.6. The minimum atomic E-state index is -0.962. The molecular formula is C32H42N4O7. The molecule has 0 spiro atoms. The molecule has 2 aromatic rings. The summed E-state index contributed by atoms with van der Waals surface area (Å²) in [5, 5.41) is 20.6. The number of ether oxygens (including phenoxy) is 2. The predicted octanol–water partition coefficient (Wildman–Crippen LogP) is 3.25. The van der Waals surface area contributed by atoms with Crippen LogP contribution < -0.4 is 14.4 Å². The van der Waals surface area contributed by atoms with Gasteiger partial charge in [0.25, 0.3) is 0 Å². The second kappa shape index (κ2) is 12.9. The van der Waals surface area contributed by atoms with Crippen LogP contribution in [0, 0.1) is 11.3 Å². The number of carbonyl (C=O) groups excluding carboxylic acids is 2. The molecule has 0 unspecified atom stereocenters. The first-order valence-electron chi connectivity index (χ1n) is 15.1. The lowest BCUT2D eigenvalue weighted by Gasteiger charge is -2.31. The monoisotopic (exact) mass is 594 g/mol. The lowest BCUT2D eigenvalue weighted by atomic mass is 9.83. The SMILES string of the molecule is CCCCN(C(=O)CN1C[C@H](c2cc(CO)c3c(c2)OCO3)[C@@H](C(=O)O)[C@@H]1CCN1CCC(C)(C)C1=O)c1cccnc1. The highest BCUT2D eigenvalue weighted by atomic mass is 16.7. The van der Waals surface area contributed by atoms with Gasteiger partial charge in [-0.25, -0.2) is 0 Å². The molecule has 232 valence electrons. The van der Waals surface area contributed by atoms with E-state index in [2.05, 4.69) is 11.9 Å². The fourth-order valence-corrected chi connectivity index (χ4v) is 6.67. The maximum atomic E-state index is 13.9. The normalized spacial score (nSPS) is 22.7. The lowest BCUT2D eigenvalue weighted by Crippen LogP contribution is -2.46. The highest BCUT2D eigenvalue weighted by molar-refractivity contribution is 5.94. The number of rotatable bonds is 12. The number of likely N-dealkylation sites (tertiary alicyclic amines) is 2. The number of unbranched alkanes of at least 4 members (excludes halogenated alkanes) is 1. The van der Waals surface area contributed by atoms with Crippen LogP contribution in [0.3, 0.4) is 0 Å². The van der Waals surface area contributed by atoms with E-state index in [0.29, 0.717) is 60.9 Å². The van der Waals surface area contributed by atoms with Gasteiger partial charge in [-0.2, -0.15) is 0 Å². The van der Waals surface area contributed by atoms with Crippen LogP contribution in [-0.4, -0.2) is 88.3 Å². The van der Waals surface area contributed by atoms with Gasteiger partial charge in [0.1, 0.15) is 0 Å². The lowest BCUT2D eigenvalue weighted by molar-refractivity contribution is -0.143. The summed E-state index contributed by atoms with van der Waals surface area (Å²) in [5.74, 6) is -1.38. The maximum absolute atomic E-state index is 13.9. The van der Waals surface area contributed by atoms with Crippen molar-refractivity contribution in [1.82, 2.24) is 14.8 Å². The Balaban J connectivity index is 1.46. The van der Waals surface area contributed by atoms with E-state index in [1.807, 2.05) is 29.7 Å². The molecule has 11 heteroatoms. The number of benzene rings is 1. The molecule has 3 aliphatic heterocycles. The van der Waals surface area contributed by atoms with E-state index >= 15 is 0 Å². The molecule has 0 bridgehead atoms. The maximum Gasteiger partial charge on any atom is 0.308 e. The van der Waals surface area contributed by atoms with Gasteiger partial charge in [0.2, 0.25) is 18.6 Å². The molecule has 2 N–H and O–H groups in total. The number of amides is 2. The van der Waals surface area contributed by atoms with Crippen molar-refractivity contribution in [3.8, 4) is 11.5 Å². The van der Waals surface area contributed by atoms with Crippen molar-refractivity contribution in [2.75, 3.05) is 44.4 Å². The van der Waals surface area contributed by atoms with Crippen LogP contribution in [0.5, 0.6) is 11.5 Å². The van der Waals surface area contributed by atoms with Gasteiger partial charge in [0, 0.05) is 55.3 Å². The largest absolute Gasteiger partial charge is 0.481 e. The third-order valence-corrected chi connectivity index (χ3v) is 9.10. The molecule has 2 fully saturated rings. The molecule has 1 aromatic carbocycles. The molecule has 0 radical (unpaired) electrons. The minimum Gasteiger partial charge on any atom is -0.481 e. The van der Waals surface area contributed by atoms with Crippen LogP contribution >= 0.6 is 0 Å². The molecule has 2 amide bonds. The molecule has 4 heterocycles. The van der Waals surface area contributed by atoms with E-state index < -0.39 is 29.3 Å². The summed E-state index contributed by atoms with van der Waals surface area (Å²) < 4.78 is 11.1. The van der Waals surface area contributed by atoms with E-state index in [1.165, 1.54) is 0 Å². The number of hydrogen-bond donors (Lipinski definition) is 2. The molecular weight excluding hydrogens is 552 g/mol. The second-order valence-electron chi connectivity index (χ2n) is 12.4. The van der Waals surface area contributed by atoms with Crippen LogP contribution in [0.2, 0.25) is 0 Å². The summed E-state index contributed by atoms with van der Waals surface area (Å²) in [5.41, 5.74) is 1.52. The number of carbonyl (C=O) groups is 3. The zero-order valence-corrected chi connectivity index (χ0v) is 25.2. The Morgan fingerprint density at radius 2 is 2.05 bits per heavy atom. The van der Waals surface area contributed by atoms with Crippen molar-refractivity contribution in [2.45, 2.75) is 65.0 Å². The summed E-state index contributed by atoms with van der Waals surface area (Å²) in [7, 11) is 0. The molecule has 11 nitrogen and oxygen atoms in total. The predicted molar refractivity (Wildman–Crippen MR) is 159 cm³/mol. The van der Waals surface area contributed by atoms with Crippen LogP contribution in [0.15, 0.2) is 36.7 Å². The summed E-state index contributed by atoms with van der Waals surface area (Å²) in [6.45, 7) is 7.63. The number of aromatic nitrogens is 1. The molecule has 43 heavy (non-hydrogen) atoms. The van der Waals surface area contributed by atoms with Crippen molar-refractivity contribution in [1.29, 1.82) is 0 Å². The number of aliphatic hydroxyl groups is 1. The van der Waals surface area contributed by atoms with Crippen molar-refractivity contribution in [3.05, 3.63) is 47.8 Å². The molecule has 1 aromatic heterocycles. The Kier molecular flexibility index (Phi) is 9.22. The van der Waals surface area contributed by atoms with Crippen molar-refractivity contribution < 1.29 is 34.1 Å². The topological polar surface area (TPSA) is 133 Å². The highest BCUT2D eigenvalue weighted by Gasteiger charge is 2.48. The Hall–Kier alpha value is -3.70. The van der Waals surface area contributed by atoms with Crippen LogP contribution in [0.25, 0.3) is 0 Å². The summed E-state index contributed by atoms with van der Waals surface area (Å²) in [4.78, 5) is 49.6. The van der Waals surface area contributed by atoms with Crippen molar-refractivity contribution in [2.24, 2.45) is 11.3 Å². The molecule has 0 saturated carbocycles. The summed E-state index contributed by atoms with van der Waals surface area (Å²) >= 11 is 0. The van der Waals surface area contributed by atoms with E-state index in [1.54, 1.807) is 35.5 Å². The summed E-state index contributed by atoms with van der Waals surface area (Å²) in [6.07, 6.45) is 6.23. The number of fused-ring (bicyclic) bond motifs is 1. The van der Waals surface area contributed by atoms with Gasteiger partial charge in [-0.3, -0.25) is 24.3 Å². The average molecular weight is 595 g/mol. The number of nitrogens with zero attached hydrogens (tertiary/aromatic N) is 4. The third kappa shape index (κ3) is 6.33. The van der Waals surface area contributed by atoms with Gasteiger partial charge in [0.05, 0.1) is 31.0 Å². The fraction of sp³-hybridized carbons (Fsp3) is 0.562. The minimum absolute atomic E-state index is 0.0282. The van der Waals surface area contributed by atoms with Crippen LogP contribution in [-0.2, 0) is 21.0 Å². The smallest absolute Gasteiger partial charge is 0.308 e. The molecule has 2 saturated heterocycles. The Morgan fingerprint density at radius 1 is 1.23 bits per heavy atom. The summed E-state index contributed by atoms with van der Waals surface area (Å²) in [6, 6.07) is 6.73. The zero-order valence-electron chi connectivity index (χ0n) is 25.2. The van der Waals surface area contributed by atoms with E-state index in [4.69, 9.17) is 9.47 Å². The first kappa shape index (κ1) is 30.7. The van der Waals surface area contributed by atoms with Gasteiger partial charge in [-0.15, -0.1) is 0 Å². The van der Waals surface area contributed by atoms with Gasteiger partial charge in [-0.05, 0) is 49.1 Å². The Bertz CT molecular complexity index is 1330. The number of carboxylic acids is 1. The van der Waals surface area contributed by atoms with Crippen LogP contribution in [0.1, 0.15) is 63.5 Å². The average Bonchev–Trinajstić information content (AvgIpc) is 3.68. The van der Waals surface area contributed by atoms with Crippen LogP contribution in [0.4, 0.5) is 5.69 Å². The quantitative estimate of drug-likeness (QED) is 0.380. The fourth-order valence-electron chi connectivity index (χ4n) is 6.67. The number of aliphatic carboxylic acids is 1. The Morgan fingerprint density at radius 3 is 2.70 bits per heavy atom. The van der Waals surface area contributed by atoms with Crippen molar-refractivity contribution >= 4 is 23.5 Å². The van der Waals surface area contributed by atoms with E-state index in [0.717, 1.165) is 19.3 Å². The van der Waals surface area contributed by atoms with Gasteiger partial charge < -0.3 is 29.5 Å². The molecule has 3 atom stereocenters. The van der Waals surface area contributed by atoms with Gasteiger partial charge in [0.15, 0.2) is 11.5 Å². The standard InChI is InChI=1S/C32H42N4O7/c1-4-5-11-36(23-7-6-10-33-16-23)27(38)18-35-17-24(21-14-22(19-37)29-26(15-21)42-20-43-29)28(30(39)40)25(35)8-12-34-13-9-32(2,3)31(34)41/h6-7,10,14-16,24-25,28,37H,4-5,8-9,11-13,17-20H2,1-3H3,(H,39,40)/t24-,25+,28-/m1/s1. The van der Waals surface area contributed by atoms with Crippen molar-refractivity contribution in [3.63, 3.8) is 0 Å². The third-order valence-electron chi connectivity index (χ3n) is 9.10. The van der Waals surface area contributed by atoms with E-state index in [9.17, 15) is 24.6 Å². The Labute approximate surface area is 252 Å². The number of hydrogen-bond acceptors (Lipinski definition) is 8. The number of anilines is 1.